The first-order chi connectivity index (χ1) is 11.7. The zero-order valence-corrected chi connectivity index (χ0v) is 14.0. The lowest BCUT2D eigenvalue weighted by atomic mass is 10.1. The van der Waals surface area contributed by atoms with E-state index in [0.717, 1.165) is 24.3 Å². The van der Waals surface area contributed by atoms with Crippen LogP contribution in [0.15, 0.2) is 30.3 Å². The minimum atomic E-state index is -4.70. The number of anilines is 3. The number of rotatable bonds is 3. The molecule has 0 spiro atoms. The Kier molecular flexibility index (Phi) is 5.07. The van der Waals surface area contributed by atoms with E-state index in [1.54, 1.807) is 20.8 Å². The predicted molar refractivity (Wildman–Crippen MR) is 85.1 cm³/mol. The van der Waals surface area contributed by atoms with E-state index in [9.17, 15) is 26.3 Å². The summed E-state index contributed by atoms with van der Waals surface area (Å²) in [7, 11) is 0. The minimum Gasteiger partial charge on any atom is -0.350 e. The molecule has 10 heteroatoms. The van der Waals surface area contributed by atoms with E-state index in [2.05, 4.69) is 20.6 Å². The monoisotopic (exact) mass is 378 g/mol. The first-order valence-corrected chi connectivity index (χ1v) is 7.43. The third-order valence-corrected chi connectivity index (χ3v) is 2.99. The van der Waals surface area contributed by atoms with Crippen LogP contribution in [-0.4, -0.2) is 15.5 Å². The SMILES string of the molecule is CC(C)(C)Nc1nc(Nc2ccc(C(F)(F)F)cc2)cc(C(F)(F)F)n1. The largest absolute Gasteiger partial charge is 0.433 e. The minimum absolute atomic E-state index is 0.159. The predicted octanol–water partition coefficient (Wildman–Crippen LogP) is 5.47. The maximum Gasteiger partial charge on any atom is 0.433 e. The van der Waals surface area contributed by atoms with Crippen LogP contribution in [0.4, 0.5) is 43.8 Å². The Balaban J connectivity index is 2.34. The summed E-state index contributed by atoms with van der Waals surface area (Å²) in [6, 6.07) is 4.54. The van der Waals surface area contributed by atoms with E-state index in [0.29, 0.717) is 6.07 Å². The number of benzene rings is 1. The Morgan fingerprint density at radius 2 is 1.38 bits per heavy atom. The van der Waals surface area contributed by atoms with Gasteiger partial charge in [0.2, 0.25) is 5.95 Å². The molecule has 2 N–H and O–H groups in total. The van der Waals surface area contributed by atoms with Crippen LogP contribution in [0.1, 0.15) is 32.0 Å². The van der Waals surface area contributed by atoms with Gasteiger partial charge in [-0.3, -0.25) is 0 Å². The smallest absolute Gasteiger partial charge is 0.350 e. The quantitative estimate of drug-likeness (QED) is 0.696. The number of halogens is 6. The Morgan fingerprint density at radius 3 is 1.85 bits per heavy atom. The van der Waals surface area contributed by atoms with Crippen molar-refractivity contribution in [2.75, 3.05) is 10.6 Å². The molecule has 26 heavy (non-hydrogen) atoms. The molecule has 0 amide bonds. The van der Waals surface area contributed by atoms with Crippen molar-refractivity contribution in [2.24, 2.45) is 0 Å². The molecule has 1 aromatic heterocycles. The average Bonchev–Trinajstić information content (AvgIpc) is 2.43. The highest BCUT2D eigenvalue weighted by molar-refractivity contribution is 5.58. The molecule has 2 rings (SSSR count). The molecule has 0 saturated heterocycles. The molecular weight excluding hydrogens is 362 g/mol. The van der Waals surface area contributed by atoms with E-state index >= 15 is 0 Å². The Hall–Kier alpha value is -2.52. The van der Waals surface area contributed by atoms with Crippen LogP contribution in [0, 0.1) is 0 Å². The maximum atomic E-state index is 13.0. The van der Waals surface area contributed by atoms with Crippen LogP contribution in [-0.2, 0) is 12.4 Å². The van der Waals surface area contributed by atoms with Crippen LogP contribution in [0.2, 0.25) is 0 Å². The van der Waals surface area contributed by atoms with Gasteiger partial charge in [0.1, 0.15) is 5.82 Å². The van der Waals surface area contributed by atoms with Crippen molar-refractivity contribution in [3.05, 3.63) is 41.6 Å². The number of hydrogen-bond acceptors (Lipinski definition) is 4. The lowest BCUT2D eigenvalue weighted by Gasteiger charge is -2.21. The van der Waals surface area contributed by atoms with Gasteiger partial charge >= 0.3 is 12.4 Å². The first-order valence-electron chi connectivity index (χ1n) is 7.43. The summed E-state index contributed by atoms with van der Waals surface area (Å²) < 4.78 is 76.8. The number of nitrogens with one attached hydrogen (secondary N) is 2. The van der Waals surface area contributed by atoms with E-state index < -0.39 is 29.1 Å². The van der Waals surface area contributed by atoms with Crippen LogP contribution >= 0.6 is 0 Å². The van der Waals surface area contributed by atoms with Crippen molar-refractivity contribution in [2.45, 2.75) is 38.7 Å². The van der Waals surface area contributed by atoms with E-state index in [1.165, 1.54) is 0 Å². The summed E-state index contributed by atoms with van der Waals surface area (Å²) in [5.74, 6) is -0.444. The molecule has 0 aliphatic carbocycles. The standard InChI is InChI=1S/C16H16F6N4/c1-14(2,3)26-13-24-11(16(20,21)22)8-12(25-13)23-10-6-4-9(5-7-10)15(17,18)19/h4-8H,1-3H3,(H2,23,24,25,26). The summed E-state index contributed by atoms with van der Waals surface area (Å²) >= 11 is 0. The molecule has 0 bridgehead atoms. The molecule has 2 aromatic rings. The Bertz CT molecular complexity index is 760. The van der Waals surface area contributed by atoms with Gasteiger partial charge in [-0.2, -0.15) is 31.3 Å². The van der Waals surface area contributed by atoms with E-state index in [4.69, 9.17) is 0 Å². The summed E-state index contributed by atoms with van der Waals surface area (Å²) in [5, 5.41) is 5.30. The highest BCUT2D eigenvalue weighted by Crippen LogP contribution is 2.32. The fourth-order valence-electron chi connectivity index (χ4n) is 1.94. The number of aromatic nitrogens is 2. The second-order valence-corrected chi connectivity index (χ2v) is 6.53. The molecule has 0 aliphatic heterocycles. The molecule has 0 saturated carbocycles. The van der Waals surface area contributed by atoms with Crippen molar-refractivity contribution in [1.82, 2.24) is 9.97 Å². The molecule has 0 aliphatic rings. The van der Waals surface area contributed by atoms with Gasteiger partial charge in [-0.25, -0.2) is 4.98 Å². The topological polar surface area (TPSA) is 49.8 Å². The normalized spacial score (nSPS) is 12.8. The Morgan fingerprint density at radius 1 is 0.808 bits per heavy atom. The Labute approximate surface area is 145 Å². The lowest BCUT2D eigenvalue weighted by molar-refractivity contribution is -0.141. The molecule has 0 unspecified atom stereocenters. The van der Waals surface area contributed by atoms with Gasteiger partial charge in [0.25, 0.3) is 0 Å². The summed E-state index contributed by atoms with van der Waals surface area (Å²) in [6.07, 6.45) is -9.20. The first kappa shape index (κ1) is 19.8. The highest BCUT2D eigenvalue weighted by Gasteiger charge is 2.34. The van der Waals surface area contributed by atoms with Gasteiger partial charge in [-0.15, -0.1) is 0 Å². The second-order valence-electron chi connectivity index (χ2n) is 6.53. The lowest BCUT2D eigenvalue weighted by Crippen LogP contribution is -2.28. The fraction of sp³-hybridized carbons (Fsp3) is 0.375. The van der Waals surface area contributed by atoms with Crippen molar-refractivity contribution in [3.63, 3.8) is 0 Å². The van der Waals surface area contributed by atoms with Gasteiger partial charge in [0.05, 0.1) is 5.56 Å². The van der Waals surface area contributed by atoms with Crippen LogP contribution in [0.25, 0.3) is 0 Å². The summed E-state index contributed by atoms with van der Waals surface area (Å²) in [6.45, 7) is 5.17. The zero-order chi connectivity index (χ0) is 19.8. The van der Waals surface area contributed by atoms with E-state index in [1.807, 2.05) is 0 Å². The molecule has 142 valence electrons. The number of nitrogens with zero attached hydrogens (tertiary/aromatic N) is 2. The van der Waals surface area contributed by atoms with Gasteiger partial charge in [-0.05, 0) is 45.0 Å². The average molecular weight is 378 g/mol. The van der Waals surface area contributed by atoms with Crippen molar-refractivity contribution in [1.29, 1.82) is 0 Å². The summed E-state index contributed by atoms with van der Waals surface area (Å²) in [5.41, 5.74) is -2.47. The van der Waals surface area contributed by atoms with Crippen molar-refractivity contribution < 1.29 is 26.3 Å². The molecule has 0 fully saturated rings. The zero-order valence-electron chi connectivity index (χ0n) is 14.0. The summed E-state index contributed by atoms with van der Waals surface area (Å²) in [4.78, 5) is 7.39. The van der Waals surface area contributed by atoms with Gasteiger partial charge < -0.3 is 10.6 Å². The third kappa shape index (κ3) is 5.50. The maximum absolute atomic E-state index is 13.0. The van der Waals surface area contributed by atoms with Crippen LogP contribution < -0.4 is 10.6 Å². The van der Waals surface area contributed by atoms with Gasteiger partial charge in [-0.1, -0.05) is 0 Å². The second kappa shape index (κ2) is 6.65. The molecule has 0 radical (unpaired) electrons. The fourth-order valence-corrected chi connectivity index (χ4v) is 1.94. The number of hydrogen-bond donors (Lipinski definition) is 2. The number of alkyl halides is 6. The van der Waals surface area contributed by atoms with Crippen LogP contribution in [0.5, 0.6) is 0 Å². The van der Waals surface area contributed by atoms with Gasteiger partial charge in [0, 0.05) is 17.3 Å². The van der Waals surface area contributed by atoms with Gasteiger partial charge in [0.15, 0.2) is 5.69 Å². The third-order valence-electron chi connectivity index (χ3n) is 2.99. The molecular formula is C16H16F6N4. The molecule has 0 atom stereocenters. The van der Waals surface area contributed by atoms with Crippen molar-refractivity contribution >= 4 is 17.5 Å². The highest BCUT2D eigenvalue weighted by atomic mass is 19.4. The van der Waals surface area contributed by atoms with Crippen molar-refractivity contribution in [3.8, 4) is 0 Å². The van der Waals surface area contributed by atoms with Crippen LogP contribution in [0.3, 0.4) is 0 Å². The van der Waals surface area contributed by atoms with E-state index in [-0.39, 0.29) is 17.5 Å². The molecule has 1 aromatic carbocycles. The molecule has 4 nitrogen and oxygen atoms in total. The molecule has 1 heterocycles.